The van der Waals surface area contributed by atoms with Crippen LogP contribution in [0.2, 0.25) is 0 Å². The van der Waals surface area contributed by atoms with Crippen molar-refractivity contribution in [1.29, 1.82) is 0 Å². The first-order valence-electron chi connectivity index (χ1n) is 4.16. The number of aryl methyl sites for hydroxylation is 1. The Kier molecular flexibility index (Phi) is 2.82. The van der Waals surface area contributed by atoms with E-state index in [4.69, 9.17) is 5.73 Å². The zero-order chi connectivity index (χ0) is 9.14. The molecule has 0 aliphatic carbocycles. The van der Waals surface area contributed by atoms with Gasteiger partial charge in [0, 0.05) is 11.6 Å². The Hall–Kier alpha value is -0.890. The van der Waals surface area contributed by atoms with Crippen LogP contribution in [0, 0.1) is 12.7 Å². The van der Waals surface area contributed by atoms with E-state index in [0.717, 1.165) is 12.0 Å². The van der Waals surface area contributed by atoms with E-state index in [9.17, 15) is 4.39 Å². The van der Waals surface area contributed by atoms with E-state index in [1.54, 1.807) is 6.07 Å². The molecule has 0 saturated heterocycles. The third kappa shape index (κ3) is 1.83. The van der Waals surface area contributed by atoms with Crippen molar-refractivity contribution in [2.75, 3.05) is 0 Å². The summed E-state index contributed by atoms with van der Waals surface area (Å²) in [6.45, 7) is 3.81. The van der Waals surface area contributed by atoms with Crippen molar-refractivity contribution in [3.05, 3.63) is 35.1 Å². The maximum atomic E-state index is 13.2. The van der Waals surface area contributed by atoms with Crippen molar-refractivity contribution in [1.82, 2.24) is 0 Å². The molecule has 66 valence electrons. The minimum Gasteiger partial charge on any atom is -0.324 e. The normalized spacial score (nSPS) is 13.0. The fraction of sp³-hybridized carbons (Fsp3) is 0.400. The van der Waals surface area contributed by atoms with E-state index in [1.165, 1.54) is 6.07 Å². The number of halogens is 1. The highest BCUT2D eigenvalue weighted by Crippen LogP contribution is 2.18. The average Bonchev–Trinajstić information content (AvgIpc) is 2.03. The van der Waals surface area contributed by atoms with E-state index in [2.05, 4.69) is 0 Å². The molecular weight excluding hydrogens is 153 g/mol. The summed E-state index contributed by atoms with van der Waals surface area (Å²) < 4.78 is 13.2. The molecule has 0 aliphatic heterocycles. The molecule has 2 heteroatoms. The summed E-state index contributed by atoms with van der Waals surface area (Å²) in [6.07, 6.45) is 0.764. The highest BCUT2D eigenvalue weighted by Gasteiger charge is 2.08. The summed E-state index contributed by atoms with van der Waals surface area (Å²) in [5.41, 5.74) is 7.25. The molecule has 2 N–H and O–H groups in total. The molecule has 0 saturated carbocycles. The predicted molar refractivity (Wildman–Crippen MR) is 48.4 cm³/mol. The first-order chi connectivity index (χ1) is 5.65. The Morgan fingerprint density at radius 3 is 2.67 bits per heavy atom. The lowest BCUT2D eigenvalue weighted by molar-refractivity contribution is 0.574. The molecule has 1 aromatic rings. The number of rotatable bonds is 2. The fourth-order valence-electron chi connectivity index (χ4n) is 1.15. The lowest BCUT2D eigenvalue weighted by Gasteiger charge is -2.10. The summed E-state index contributed by atoms with van der Waals surface area (Å²) >= 11 is 0. The van der Waals surface area contributed by atoms with E-state index >= 15 is 0 Å². The Balaban J connectivity index is 3.01. The van der Waals surface area contributed by atoms with E-state index < -0.39 is 0 Å². The molecule has 0 unspecified atom stereocenters. The number of hydrogen-bond acceptors (Lipinski definition) is 1. The molecule has 12 heavy (non-hydrogen) atoms. The van der Waals surface area contributed by atoms with Crippen LogP contribution in [0.25, 0.3) is 0 Å². The molecule has 0 aliphatic rings. The molecular formula is C10H14FN. The average molecular weight is 167 g/mol. The topological polar surface area (TPSA) is 26.0 Å². The van der Waals surface area contributed by atoms with Gasteiger partial charge in [-0.25, -0.2) is 4.39 Å². The van der Waals surface area contributed by atoms with Gasteiger partial charge in [0.2, 0.25) is 0 Å². The molecule has 0 spiro atoms. The molecule has 0 heterocycles. The zero-order valence-electron chi connectivity index (χ0n) is 7.47. The molecule has 0 radical (unpaired) electrons. The molecule has 0 aromatic heterocycles. The quantitative estimate of drug-likeness (QED) is 0.719. The third-order valence-corrected chi connectivity index (χ3v) is 2.00. The van der Waals surface area contributed by atoms with Crippen LogP contribution in [0.1, 0.15) is 30.5 Å². The molecule has 0 fully saturated rings. The second-order valence-electron chi connectivity index (χ2n) is 3.04. The molecule has 1 nitrogen and oxygen atoms in total. The van der Waals surface area contributed by atoms with Gasteiger partial charge in [-0.3, -0.25) is 0 Å². The van der Waals surface area contributed by atoms with Gasteiger partial charge in [-0.05, 0) is 25.0 Å². The first kappa shape index (κ1) is 9.20. The van der Waals surface area contributed by atoms with Crippen LogP contribution in [0.5, 0.6) is 0 Å². The molecule has 0 amide bonds. The standard InChI is InChI=1S/C10H14FN/c1-3-10(12)8-5-4-7(2)6-9(8)11/h4-6,10H,3,12H2,1-2H3/t10-/m1/s1. The third-order valence-electron chi connectivity index (χ3n) is 2.00. The number of nitrogens with two attached hydrogens (primary N) is 1. The summed E-state index contributed by atoms with van der Waals surface area (Å²) in [7, 11) is 0. The highest BCUT2D eigenvalue weighted by atomic mass is 19.1. The monoisotopic (exact) mass is 167 g/mol. The first-order valence-corrected chi connectivity index (χ1v) is 4.16. The van der Waals surface area contributed by atoms with Gasteiger partial charge in [0.15, 0.2) is 0 Å². The van der Waals surface area contributed by atoms with Crippen molar-refractivity contribution >= 4 is 0 Å². The molecule has 0 bridgehead atoms. The van der Waals surface area contributed by atoms with Crippen LogP contribution in [0.3, 0.4) is 0 Å². The van der Waals surface area contributed by atoms with E-state index in [-0.39, 0.29) is 11.9 Å². The van der Waals surface area contributed by atoms with Crippen LogP contribution in [-0.4, -0.2) is 0 Å². The van der Waals surface area contributed by atoms with Crippen LogP contribution < -0.4 is 5.73 Å². The van der Waals surface area contributed by atoms with Gasteiger partial charge in [-0.2, -0.15) is 0 Å². The summed E-state index contributed by atoms with van der Waals surface area (Å²) in [4.78, 5) is 0. The maximum Gasteiger partial charge on any atom is 0.128 e. The van der Waals surface area contributed by atoms with Crippen LogP contribution in [0.4, 0.5) is 4.39 Å². The predicted octanol–water partition coefficient (Wildman–Crippen LogP) is 2.54. The summed E-state index contributed by atoms with van der Waals surface area (Å²) in [6, 6.07) is 4.99. The largest absolute Gasteiger partial charge is 0.324 e. The van der Waals surface area contributed by atoms with Gasteiger partial charge in [0.1, 0.15) is 5.82 Å². The maximum absolute atomic E-state index is 13.2. The van der Waals surface area contributed by atoms with Gasteiger partial charge in [-0.15, -0.1) is 0 Å². The number of benzene rings is 1. The van der Waals surface area contributed by atoms with Gasteiger partial charge >= 0.3 is 0 Å². The molecule has 1 atom stereocenters. The summed E-state index contributed by atoms with van der Waals surface area (Å²) in [5.74, 6) is -0.190. The highest BCUT2D eigenvalue weighted by molar-refractivity contribution is 5.25. The Bertz CT molecular complexity index is 271. The van der Waals surface area contributed by atoms with Gasteiger partial charge in [0.05, 0.1) is 0 Å². The zero-order valence-corrected chi connectivity index (χ0v) is 7.47. The Labute approximate surface area is 72.4 Å². The van der Waals surface area contributed by atoms with Gasteiger partial charge < -0.3 is 5.73 Å². The van der Waals surface area contributed by atoms with Crippen LogP contribution >= 0.6 is 0 Å². The lowest BCUT2D eigenvalue weighted by atomic mass is 10.0. The van der Waals surface area contributed by atoms with Gasteiger partial charge in [-0.1, -0.05) is 19.1 Å². The second-order valence-corrected chi connectivity index (χ2v) is 3.04. The van der Waals surface area contributed by atoms with Crippen molar-refractivity contribution in [3.8, 4) is 0 Å². The second kappa shape index (κ2) is 3.68. The molecule has 1 rings (SSSR count). The minimum absolute atomic E-state index is 0.175. The number of hydrogen-bond donors (Lipinski definition) is 1. The smallest absolute Gasteiger partial charge is 0.128 e. The summed E-state index contributed by atoms with van der Waals surface area (Å²) in [5, 5.41) is 0. The van der Waals surface area contributed by atoms with Crippen molar-refractivity contribution in [2.24, 2.45) is 5.73 Å². The van der Waals surface area contributed by atoms with Crippen LogP contribution in [0.15, 0.2) is 18.2 Å². The van der Waals surface area contributed by atoms with Gasteiger partial charge in [0.25, 0.3) is 0 Å². The Morgan fingerprint density at radius 1 is 1.50 bits per heavy atom. The fourth-order valence-corrected chi connectivity index (χ4v) is 1.15. The van der Waals surface area contributed by atoms with Crippen LogP contribution in [-0.2, 0) is 0 Å². The van der Waals surface area contributed by atoms with Crippen molar-refractivity contribution in [2.45, 2.75) is 26.3 Å². The van der Waals surface area contributed by atoms with E-state index in [1.807, 2.05) is 19.9 Å². The minimum atomic E-state index is -0.190. The SMILES string of the molecule is CC[C@@H](N)c1ccc(C)cc1F. The van der Waals surface area contributed by atoms with E-state index in [0.29, 0.717) is 5.56 Å². The van der Waals surface area contributed by atoms with Crippen molar-refractivity contribution < 1.29 is 4.39 Å². The Morgan fingerprint density at radius 2 is 2.17 bits per heavy atom. The lowest BCUT2D eigenvalue weighted by Crippen LogP contribution is -2.10. The van der Waals surface area contributed by atoms with Crippen molar-refractivity contribution in [3.63, 3.8) is 0 Å². The molecule has 1 aromatic carbocycles.